The number of aromatic nitrogens is 4. The average Bonchev–Trinajstić information content (AvgIpc) is 3.90. The number of anilines is 3. The molecule has 7 rings (SSSR count). The van der Waals surface area contributed by atoms with Gasteiger partial charge < -0.3 is 40.9 Å². The van der Waals surface area contributed by atoms with Crippen molar-refractivity contribution in [3.05, 3.63) is 108 Å². The standard InChI is InChI=1S/C39H42N10O4/c1-2-32(50)45-30-19-31(35(52)34(30)51)49-23-42-33-36(41-21-29(25-9-5-3-6-10-25)26-11-7-4-8-12-26)46-38(47-37(33)49)48-18-17-28(22-48)44-39(53)43-27-15-13-24(20-40)14-16-27/h3-16,23,28-31,34-35,51-52H,2,17-19,21-22H2,1H3,(H,45,50)(H,41,46,47)(H2,43,44,53)/t28-,30+,31-,34-,35+/m1/s1. The van der Waals surface area contributed by atoms with Crippen LogP contribution in [0.2, 0.25) is 0 Å². The Labute approximate surface area is 306 Å². The molecule has 0 bridgehead atoms. The molecule has 2 aromatic heterocycles. The highest BCUT2D eigenvalue weighted by molar-refractivity contribution is 5.89. The van der Waals surface area contributed by atoms with Crippen LogP contribution in [0.15, 0.2) is 91.3 Å². The number of fused-ring (bicyclic) bond motifs is 1. The summed E-state index contributed by atoms with van der Waals surface area (Å²) >= 11 is 0. The van der Waals surface area contributed by atoms with Crippen molar-refractivity contribution >= 4 is 40.6 Å². The topological polar surface area (TPSA) is 193 Å². The van der Waals surface area contributed by atoms with Gasteiger partial charge in [-0.1, -0.05) is 67.6 Å². The number of imidazole rings is 1. The molecule has 0 radical (unpaired) electrons. The quantitative estimate of drug-likeness (QED) is 0.117. The summed E-state index contributed by atoms with van der Waals surface area (Å²) in [7, 11) is 0. The van der Waals surface area contributed by atoms with Crippen LogP contribution in [0.5, 0.6) is 0 Å². The predicted molar refractivity (Wildman–Crippen MR) is 200 cm³/mol. The highest BCUT2D eigenvalue weighted by Crippen LogP contribution is 2.35. The number of rotatable bonds is 11. The first-order chi connectivity index (χ1) is 25.8. The lowest BCUT2D eigenvalue weighted by Crippen LogP contribution is -2.42. The third kappa shape index (κ3) is 7.76. The second-order valence-corrected chi connectivity index (χ2v) is 13.5. The van der Waals surface area contributed by atoms with Crippen LogP contribution in [0.1, 0.15) is 54.8 Å². The normalized spacial score (nSPS) is 21.0. The summed E-state index contributed by atoms with van der Waals surface area (Å²) < 4.78 is 1.76. The second kappa shape index (κ2) is 15.7. The number of nitriles is 1. The summed E-state index contributed by atoms with van der Waals surface area (Å²) in [5, 5.41) is 43.4. The van der Waals surface area contributed by atoms with E-state index in [9.17, 15) is 19.8 Å². The van der Waals surface area contributed by atoms with E-state index in [-0.39, 0.29) is 36.7 Å². The molecule has 5 atom stereocenters. The summed E-state index contributed by atoms with van der Waals surface area (Å²) in [6.45, 7) is 3.27. The Morgan fingerprint density at radius 1 is 0.943 bits per heavy atom. The lowest BCUT2D eigenvalue weighted by molar-refractivity contribution is -0.122. The number of carbonyl (C=O) groups excluding carboxylic acids is 2. The molecule has 1 aliphatic carbocycles. The molecule has 0 unspecified atom stereocenters. The first kappa shape index (κ1) is 35.4. The van der Waals surface area contributed by atoms with Gasteiger partial charge in [0, 0.05) is 43.7 Å². The maximum atomic E-state index is 12.9. The van der Waals surface area contributed by atoms with Gasteiger partial charge in [0.15, 0.2) is 17.0 Å². The first-order valence-electron chi connectivity index (χ1n) is 17.9. The fourth-order valence-electron chi connectivity index (χ4n) is 7.19. The molecule has 0 spiro atoms. The molecule has 53 heavy (non-hydrogen) atoms. The number of hydrogen-bond donors (Lipinski definition) is 6. The van der Waals surface area contributed by atoms with Gasteiger partial charge in [-0.3, -0.25) is 4.79 Å². The summed E-state index contributed by atoms with van der Waals surface area (Å²) in [6.07, 6.45) is 0.479. The van der Waals surface area contributed by atoms with Crippen molar-refractivity contribution < 1.29 is 19.8 Å². The van der Waals surface area contributed by atoms with Gasteiger partial charge in [0.25, 0.3) is 0 Å². The molecular weight excluding hydrogens is 672 g/mol. The van der Waals surface area contributed by atoms with Crippen LogP contribution in [0, 0.1) is 11.3 Å². The van der Waals surface area contributed by atoms with E-state index < -0.39 is 24.3 Å². The van der Waals surface area contributed by atoms with E-state index in [1.165, 1.54) is 0 Å². The third-order valence-electron chi connectivity index (χ3n) is 10.0. The van der Waals surface area contributed by atoms with Gasteiger partial charge in [0.2, 0.25) is 11.9 Å². The molecule has 14 nitrogen and oxygen atoms in total. The molecule has 1 saturated carbocycles. The van der Waals surface area contributed by atoms with Crippen LogP contribution < -0.4 is 26.2 Å². The number of aliphatic hydroxyl groups is 2. The van der Waals surface area contributed by atoms with E-state index >= 15 is 0 Å². The number of carbonyl (C=O) groups is 2. The number of amides is 3. The van der Waals surface area contributed by atoms with E-state index in [4.69, 9.17) is 20.2 Å². The van der Waals surface area contributed by atoms with Gasteiger partial charge in [0.05, 0.1) is 30.0 Å². The zero-order valence-corrected chi connectivity index (χ0v) is 29.3. The van der Waals surface area contributed by atoms with Crippen molar-refractivity contribution in [3.8, 4) is 6.07 Å². The summed E-state index contributed by atoms with van der Waals surface area (Å²) in [4.78, 5) is 41.7. The third-order valence-corrected chi connectivity index (χ3v) is 10.0. The van der Waals surface area contributed by atoms with E-state index in [1.54, 1.807) is 42.1 Å². The minimum absolute atomic E-state index is 0.00216. The van der Waals surface area contributed by atoms with Gasteiger partial charge in [-0.05, 0) is 48.2 Å². The minimum Gasteiger partial charge on any atom is -0.388 e. The number of benzene rings is 3. The van der Waals surface area contributed by atoms with Crippen molar-refractivity contribution in [2.24, 2.45) is 0 Å². The predicted octanol–water partition coefficient (Wildman–Crippen LogP) is 3.90. The Morgan fingerprint density at radius 3 is 2.30 bits per heavy atom. The molecule has 272 valence electrons. The van der Waals surface area contributed by atoms with Crippen LogP contribution in [-0.2, 0) is 4.79 Å². The smallest absolute Gasteiger partial charge is 0.319 e. The Kier molecular flexibility index (Phi) is 10.5. The van der Waals surface area contributed by atoms with Gasteiger partial charge >= 0.3 is 6.03 Å². The molecule has 3 heterocycles. The average molecular weight is 715 g/mol. The molecular formula is C39H42N10O4. The number of aliphatic hydroxyl groups excluding tert-OH is 2. The second-order valence-electron chi connectivity index (χ2n) is 13.5. The Balaban J connectivity index is 1.17. The molecule has 5 aromatic rings. The highest BCUT2D eigenvalue weighted by Gasteiger charge is 2.44. The maximum Gasteiger partial charge on any atom is 0.319 e. The SMILES string of the molecule is CCC(=O)N[C@H]1C[C@@H](n2cnc3c(NCC(c4ccccc4)c4ccccc4)nc(N4CC[C@@H](NC(=O)Nc5ccc(C#N)cc5)C4)nc32)[C@H](O)[C@@H]1O. The Bertz CT molecular complexity index is 2050. The fourth-order valence-corrected chi connectivity index (χ4v) is 7.19. The Morgan fingerprint density at radius 2 is 1.64 bits per heavy atom. The molecule has 3 amide bonds. The fraction of sp³-hybridized carbons (Fsp3) is 0.333. The summed E-state index contributed by atoms with van der Waals surface area (Å²) in [5.74, 6) is 0.734. The lowest BCUT2D eigenvalue weighted by atomic mass is 9.91. The number of urea groups is 1. The summed E-state index contributed by atoms with van der Waals surface area (Å²) in [6, 6.07) is 27.4. The van der Waals surface area contributed by atoms with Crippen molar-refractivity contribution in [1.29, 1.82) is 5.26 Å². The van der Waals surface area contributed by atoms with Gasteiger partial charge in [-0.2, -0.15) is 15.2 Å². The van der Waals surface area contributed by atoms with Crippen LogP contribution >= 0.6 is 0 Å². The highest BCUT2D eigenvalue weighted by atomic mass is 16.3. The molecule has 1 aliphatic heterocycles. The molecule has 6 N–H and O–H groups in total. The van der Waals surface area contributed by atoms with Crippen molar-refractivity contribution in [2.75, 3.05) is 35.2 Å². The maximum absolute atomic E-state index is 12.9. The molecule has 1 saturated heterocycles. The molecule has 3 aromatic carbocycles. The summed E-state index contributed by atoms with van der Waals surface area (Å²) in [5.41, 5.74) is 4.34. The van der Waals surface area contributed by atoms with Crippen LogP contribution in [-0.4, -0.2) is 85.6 Å². The number of nitrogens with one attached hydrogen (secondary N) is 4. The zero-order valence-electron chi connectivity index (χ0n) is 29.3. The zero-order chi connectivity index (χ0) is 36.9. The van der Waals surface area contributed by atoms with E-state index in [1.807, 2.05) is 41.3 Å². The van der Waals surface area contributed by atoms with Crippen molar-refractivity contribution in [3.63, 3.8) is 0 Å². The lowest BCUT2D eigenvalue weighted by Gasteiger charge is -2.22. The number of nitrogens with zero attached hydrogens (tertiary/aromatic N) is 6. The van der Waals surface area contributed by atoms with E-state index in [0.717, 1.165) is 11.1 Å². The van der Waals surface area contributed by atoms with Crippen LogP contribution in [0.4, 0.5) is 22.2 Å². The van der Waals surface area contributed by atoms with E-state index in [0.29, 0.717) is 60.2 Å². The molecule has 14 heteroatoms. The Hall–Kier alpha value is -6.04. The van der Waals surface area contributed by atoms with Gasteiger partial charge in [-0.25, -0.2) is 9.78 Å². The molecule has 2 aliphatic rings. The van der Waals surface area contributed by atoms with Crippen LogP contribution in [0.3, 0.4) is 0 Å². The van der Waals surface area contributed by atoms with E-state index in [2.05, 4.69) is 51.6 Å². The molecule has 2 fully saturated rings. The monoisotopic (exact) mass is 714 g/mol. The largest absolute Gasteiger partial charge is 0.388 e. The first-order valence-corrected chi connectivity index (χ1v) is 17.9. The van der Waals surface area contributed by atoms with Gasteiger partial charge in [0.1, 0.15) is 12.2 Å². The number of hydrogen-bond acceptors (Lipinski definition) is 10. The van der Waals surface area contributed by atoms with Crippen molar-refractivity contribution in [2.45, 2.75) is 62.4 Å². The van der Waals surface area contributed by atoms with Crippen LogP contribution in [0.25, 0.3) is 11.2 Å². The van der Waals surface area contributed by atoms with Gasteiger partial charge in [-0.15, -0.1) is 0 Å². The van der Waals surface area contributed by atoms with Crippen molar-refractivity contribution in [1.82, 2.24) is 30.2 Å². The minimum atomic E-state index is -1.17.